The summed E-state index contributed by atoms with van der Waals surface area (Å²) < 4.78 is 0. The number of carbonyl (C=O) groups excluding carboxylic acids is 3. The van der Waals surface area contributed by atoms with E-state index in [1.807, 2.05) is 54.6 Å². The molecule has 1 unspecified atom stereocenters. The molecule has 160 valence electrons. The van der Waals surface area contributed by atoms with Crippen LogP contribution >= 0.6 is 11.8 Å². The van der Waals surface area contributed by atoms with Crippen LogP contribution in [-0.4, -0.2) is 35.0 Å². The number of nitriles is 1. The van der Waals surface area contributed by atoms with Crippen LogP contribution in [0.25, 0.3) is 10.8 Å². The van der Waals surface area contributed by atoms with Gasteiger partial charge < -0.3 is 10.6 Å². The van der Waals surface area contributed by atoms with Gasteiger partial charge in [0.2, 0.25) is 5.91 Å². The van der Waals surface area contributed by atoms with Crippen LogP contribution in [0.2, 0.25) is 0 Å². The van der Waals surface area contributed by atoms with Crippen molar-refractivity contribution in [2.24, 2.45) is 0 Å². The molecule has 3 aromatic carbocycles. The quantitative estimate of drug-likeness (QED) is 0.444. The molecule has 7 nitrogen and oxygen atoms in total. The molecular weight excluding hydrogens is 424 g/mol. The third kappa shape index (κ3) is 4.03. The lowest BCUT2D eigenvalue weighted by molar-refractivity contribution is -0.133. The lowest BCUT2D eigenvalue weighted by Crippen LogP contribution is -2.42. The molecule has 0 spiro atoms. The van der Waals surface area contributed by atoms with Crippen molar-refractivity contribution in [3.05, 3.63) is 72.3 Å². The molecule has 1 heterocycles. The van der Waals surface area contributed by atoms with Gasteiger partial charge >= 0.3 is 6.03 Å². The Morgan fingerprint density at radius 2 is 1.81 bits per heavy atom. The fourth-order valence-corrected chi connectivity index (χ4v) is 4.35. The second-order valence-electron chi connectivity index (χ2n) is 7.50. The van der Waals surface area contributed by atoms with Crippen molar-refractivity contribution in [3.63, 3.8) is 0 Å². The van der Waals surface area contributed by atoms with Gasteiger partial charge in [-0.2, -0.15) is 5.26 Å². The number of nitrogens with one attached hydrogen (secondary N) is 2. The van der Waals surface area contributed by atoms with Gasteiger partial charge in [0.15, 0.2) is 0 Å². The van der Waals surface area contributed by atoms with Gasteiger partial charge in [0.1, 0.15) is 12.1 Å². The van der Waals surface area contributed by atoms with E-state index in [2.05, 4.69) is 10.6 Å². The van der Waals surface area contributed by atoms with Crippen LogP contribution in [0.3, 0.4) is 0 Å². The summed E-state index contributed by atoms with van der Waals surface area (Å²) in [6.45, 7) is 1.23. The Kier molecular flexibility index (Phi) is 5.84. The number of carbonyl (C=O) groups is 3. The SMILES string of the molecule is CC1(c2ccc3ccccc3c2)NC(=O)N(CC(=O)Nc2ccccc2SCC#N)C1=O. The monoisotopic (exact) mass is 444 g/mol. The average Bonchev–Trinajstić information content (AvgIpc) is 3.02. The number of rotatable bonds is 6. The molecule has 1 saturated heterocycles. The molecule has 0 saturated carbocycles. The molecule has 0 aromatic heterocycles. The first-order valence-electron chi connectivity index (χ1n) is 9.94. The number of hydrogen-bond acceptors (Lipinski definition) is 5. The Balaban J connectivity index is 1.52. The maximum atomic E-state index is 13.2. The summed E-state index contributed by atoms with van der Waals surface area (Å²) in [4.78, 5) is 40.1. The maximum Gasteiger partial charge on any atom is 0.325 e. The summed E-state index contributed by atoms with van der Waals surface area (Å²) in [6.07, 6.45) is 0. The van der Waals surface area contributed by atoms with Crippen molar-refractivity contribution in [3.8, 4) is 6.07 Å². The normalized spacial score (nSPS) is 17.8. The van der Waals surface area contributed by atoms with E-state index in [9.17, 15) is 14.4 Å². The minimum Gasteiger partial charge on any atom is -0.324 e. The van der Waals surface area contributed by atoms with Crippen LogP contribution in [0, 0.1) is 11.3 Å². The van der Waals surface area contributed by atoms with Gasteiger partial charge in [-0.05, 0) is 41.5 Å². The van der Waals surface area contributed by atoms with E-state index in [0.29, 0.717) is 11.3 Å². The lowest BCUT2D eigenvalue weighted by atomic mass is 9.90. The number of anilines is 1. The predicted molar refractivity (Wildman–Crippen MR) is 123 cm³/mol. The smallest absolute Gasteiger partial charge is 0.324 e. The third-order valence-electron chi connectivity index (χ3n) is 5.36. The number of hydrogen-bond donors (Lipinski definition) is 2. The first-order chi connectivity index (χ1) is 15.4. The second kappa shape index (κ2) is 8.73. The molecule has 3 aromatic rings. The van der Waals surface area contributed by atoms with Crippen molar-refractivity contribution in [2.75, 3.05) is 17.6 Å². The predicted octanol–water partition coefficient (Wildman–Crippen LogP) is 3.86. The molecule has 1 atom stereocenters. The molecule has 1 fully saturated rings. The Labute approximate surface area is 189 Å². The highest BCUT2D eigenvalue weighted by molar-refractivity contribution is 7.99. The number of thioether (sulfide) groups is 1. The minimum atomic E-state index is -1.26. The van der Waals surface area contributed by atoms with Gasteiger partial charge in [0.25, 0.3) is 5.91 Å². The van der Waals surface area contributed by atoms with Crippen LogP contribution < -0.4 is 10.6 Å². The van der Waals surface area contributed by atoms with Gasteiger partial charge in [-0.25, -0.2) is 4.79 Å². The highest BCUT2D eigenvalue weighted by Crippen LogP contribution is 2.31. The largest absolute Gasteiger partial charge is 0.325 e. The van der Waals surface area contributed by atoms with Crippen LogP contribution in [0.1, 0.15) is 12.5 Å². The molecule has 0 radical (unpaired) electrons. The second-order valence-corrected chi connectivity index (χ2v) is 8.52. The van der Waals surface area contributed by atoms with E-state index < -0.39 is 29.9 Å². The summed E-state index contributed by atoms with van der Waals surface area (Å²) in [5.41, 5.74) is -0.0834. The molecule has 32 heavy (non-hydrogen) atoms. The van der Waals surface area contributed by atoms with Crippen molar-refractivity contribution in [1.29, 1.82) is 5.26 Å². The maximum absolute atomic E-state index is 13.2. The summed E-state index contributed by atoms with van der Waals surface area (Å²) in [5, 5.41) is 16.3. The van der Waals surface area contributed by atoms with Crippen molar-refractivity contribution >= 4 is 46.1 Å². The van der Waals surface area contributed by atoms with E-state index in [0.717, 1.165) is 20.6 Å². The molecule has 8 heteroatoms. The van der Waals surface area contributed by atoms with Gasteiger partial charge in [-0.1, -0.05) is 48.5 Å². The zero-order valence-corrected chi connectivity index (χ0v) is 18.1. The molecule has 0 bridgehead atoms. The minimum absolute atomic E-state index is 0.240. The first kappa shape index (κ1) is 21.4. The topological polar surface area (TPSA) is 102 Å². The van der Waals surface area contributed by atoms with Crippen LogP contribution in [0.5, 0.6) is 0 Å². The van der Waals surface area contributed by atoms with Crippen molar-refractivity contribution < 1.29 is 14.4 Å². The summed E-state index contributed by atoms with van der Waals surface area (Å²) >= 11 is 1.30. The zero-order valence-electron chi connectivity index (χ0n) is 17.3. The van der Waals surface area contributed by atoms with E-state index in [-0.39, 0.29) is 5.75 Å². The van der Waals surface area contributed by atoms with Gasteiger partial charge in [0, 0.05) is 4.90 Å². The highest BCUT2D eigenvalue weighted by atomic mass is 32.2. The summed E-state index contributed by atoms with van der Waals surface area (Å²) in [7, 11) is 0. The number of amides is 4. The van der Waals surface area contributed by atoms with Crippen LogP contribution in [0.4, 0.5) is 10.5 Å². The Morgan fingerprint density at radius 3 is 2.59 bits per heavy atom. The van der Waals surface area contributed by atoms with Crippen molar-refractivity contribution in [1.82, 2.24) is 10.2 Å². The van der Waals surface area contributed by atoms with E-state index >= 15 is 0 Å². The fourth-order valence-electron chi connectivity index (χ4n) is 3.68. The number of urea groups is 1. The van der Waals surface area contributed by atoms with Gasteiger partial charge in [-0.15, -0.1) is 11.8 Å². The summed E-state index contributed by atoms with van der Waals surface area (Å²) in [5.74, 6) is -0.745. The first-order valence-corrected chi connectivity index (χ1v) is 10.9. The number of imide groups is 1. The Hall–Kier alpha value is -3.83. The number of nitrogens with zero attached hydrogens (tertiary/aromatic N) is 2. The summed E-state index contributed by atoms with van der Waals surface area (Å²) in [6, 6.07) is 21.8. The van der Waals surface area contributed by atoms with E-state index in [1.165, 1.54) is 11.8 Å². The standard InChI is InChI=1S/C24H20N4O3S/c1-24(18-11-10-16-6-2-3-7-17(16)14-18)22(30)28(23(31)27-24)15-21(29)26-19-8-4-5-9-20(19)32-13-12-25/h2-11,14H,13,15H2,1H3,(H,26,29)(H,27,31). The Bertz CT molecular complexity index is 1270. The highest BCUT2D eigenvalue weighted by Gasteiger charge is 2.49. The van der Waals surface area contributed by atoms with Crippen LogP contribution in [-0.2, 0) is 15.1 Å². The van der Waals surface area contributed by atoms with E-state index in [1.54, 1.807) is 25.1 Å². The third-order valence-corrected chi connectivity index (χ3v) is 6.30. The van der Waals surface area contributed by atoms with Gasteiger partial charge in [-0.3, -0.25) is 14.5 Å². The molecule has 1 aliphatic heterocycles. The number of fused-ring (bicyclic) bond motifs is 1. The number of para-hydroxylation sites is 1. The molecule has 2 N–H and O–H groups in total. The lowest BCUT2D eigenvalue weighted by Gasteiger charge is -2.22. The van der Waals surface area contributed by atoms with E-state index in [4.69, 9.17) is 5.26 Å². The average molecular weight is 445 g/mol. The molecule has 4 rings (SSSR count). The van der Waals surface area contributed by atoms with Crippen molar-refractivity contribution in [2.45, 2.75) is 17.4 Å². The van der Waals surface area contributed by atoms with Crippen LogP contribution in [0.15, 0.2) is 71.6 Å². The molecule has 4 amide bonds. The molecule has 0 aliphatic carbocycles. The number of benzene rings is 3. The molecular formula is C24H20N4O3S. The molecule has 1 aliphatic rings. The fraction of sp³-hybridized carbons (Fsp3) is 0.167. The van der Waals surface area contributed by atoms with Gasteiger partial charge in [0.05, 0.1) is 17.5 Å². The zero-order chi connectivity index (χ0) is 22.7. The Morgan fingerprint density at radius 1 is 1.09 bits per heavy atom.